The quantitative estimate of drug-likeness (QED) is 0.826. The molecule has 2 aromatic rings. The zero-order valence-electron chi connectivity index (χ0n) is 11.4. The Morgan fingerprint density at radius 2 is 2.25 bits per heavy atom. The zero-order chi connectivity index (χ0) is 14.7. The van der Waals surface area contributed by atoms with Gasteiger partial charge in [0.15, 0.2) is 10.6 Å². The average Bonchev–Trinajstić information content (AvgIpc) is 2.96. The maximum atomic E-state index is 9.22. The van der Waals surface area contributed by atoms with E-state index in [1.807, 2.05) is 19.2 Å². The molecule has 0 aliphatic carbocycles. The van der Waals surface area contributed by atoms with Crippen molar-refractivity contribution in [2.75, 3.05) is 6.54 Å². The molecule has 0 saturated heterocycles. The normalized spacial score (nSPS) is 11.4. The molecule has 0 bridgehead atoms. The van der Waals surface area contributed by atoms with E-state index >= 15 is 0 Å². The predicted molar refractivity (Wildman–Crippen MR) is 83.4 cm³/mol. The summed E-state index contributed by atoms with van der Waals surface area (Å²) in [6.45, 7) is 4.26. The highest BCUT2D eigenvalue weighted by Gasteiger charge is 2.11. The van der Waals surface area contributed by atoms with Crippen LogP contribution in [0.15, 0.2) is 12.1 Å². The van der Waals surface area contributed by atoms with Crippen LogP contribution >= 0.6 is 35.2 Å². The second-order valence-electron chi connectivity index (χ2n) is 4.41. The van der Waals surface area contributed by atoms with Gasteiger partial charge in [-0.25, -0.2) is 4.68 Å². The van der Waals surface area contributed by atoms with Crippen molar-refractivity contribution in [2.24, 2.45) is 7.05 Å². The molecule has 0 amide bonds. The summed E-state index contributed by atoms with van der Waals surface area (Å²) in [5, 5.41) is 13.5. The summed E-state index contributed by atoms with van der Waals surface area (Å²) in [6, 6.07) is 3.94. The van der Waals surface area contributed by atoms with Crippen molar-refractivity contribution >= 4 is 35.2 Å². The summed E-state index contributed by atoms with van der Waals surface area (Å²) in [5.41, 5.74) is 0. The van der Waals surface area contributed by atoms with Gasteiger partial charge in [0.2, 0.25) is 0 Å². The molecule has 0 atom stereocenters. The minimum absolute atomic E-state index is 0.111. The Labute approximate surface area is 132 Å². The molecule has 20 heavy (non-hydrogen) atoms. The van der Waals surface area contributed by atoms with Crippen LogP contribution in [-0.4, -0.2) is 30.9 Å². The summed E-state index contributed by atoms with van der Waals surface area (Å²) in [5.74, 6) is 0.574. The number of halogens is 1. The highest BCUT2D eigenvalue weighted by Crippen LogP contribution is 2.22. The highest BCUT2D eigenvalue weighted by molar-refractivity contribution is 7.71. The molecule has 2 rings (SSSR count). The van der Waals surface area contributed by atoms with Gasteiger partial charge in [-0.15, -0.1) is 11.3 Å². The molecule has 0 saturated carbocycles. The first-order valence-corrected chi connectivity index (χ1v) is 7.85. The van der Waals surface area contributed by atoms with Crippen LogP contribution in [0.3, 0.4) is 0 Å². The van der Waals surface area contributed by atoms with Crippen LogP contribution in [-0.2, 0) is 26.9 Å². The Balaban J connectivity index is 2.12. The Morgan fingerprint density at radius 3 is 2.75 bits per heavy atom. The summed E-state index contributed by atoms with van der Waals surface area (Å²) in [4.78, 5) is 3.42. The van der Waals surface area contributed by atoms with Crippen molar-refractivity contribution in [1.82, 2.24) is 19.2 Å². The van der Waals surface area contributed by atoms with Gasteiger partial charge >= 0.3 is 0 Å². The third-order valence-corrected chi connectivity index (χ3v) is 4.76. The lowest BCUT2D eigenvalue weighted by atomic mass is 10.4. The standard InChI is InChI=1S/C12H17ClN4OS2/c1-3-16(6-9-4-5-10(13)20-9)8-17-12(19)15(2)11(7-18)14-17/h4-5,18H,3,6-8H2,1-2H3. The topological polar surface area (TPSA) is 46.2 Å². The molecule has 0 unspecified atom stereocenters. The second kappa shape index (κ2) is 6.82. The summed E-state index contributed by atoms with van der Waals surface area (Å²) in [6.07, 6.45) is 0. The largest absolute Gasteiger partial charge is 0.388 e. The van der Waals surface area contributed by atoms with Crippen molar-refractivity contribution in [3.8, 4) is 0 Å². The molecular weight excluding hydrogens is 316 g/mol. The highest BCUT2D eigenvalue weighted by atomic mass is 35.5. The Morgan fingerprint density at radius 1 is 1.50 bits per heavy atom. The number of rotatable bonds is 6. The molecule has 110 valence electrons. The van der Waals surface area contributed by atoms with Crippen molar-refractivity contribution < 1.29 is 5.11 Å². The van der Waals surface area contributed by atoms with E-state index in [1.165, 1.54) is 4.88 Å². The first kappa shape index (κ1) is 15.7. The van der Waals surface area contributed by atoms with E-state index in [9.17, 15) is 5.11 Å². The minimum atomic E-state index is -0.111. The van der Waals surface area contributed by atoms with Crippen molar-refractivity contribution in [1.29, 1.82) is 0 Å². The second-order valence-corrected chi connectivity index (χ2v) is 6.57. The van der Waals surface area contributed by atoms with E-state index in [2.05, 4.69) is 16.9 Å². The van der Waals surface area contributed by atoms with Crippen molar-refractivity contribution in [3.63, 3.8) is 0 Å². The number of aromatic nitrogens is 3. The number of hydrogen-bond donors (Lipinski definition) is 1. The summed E-state index contributed by atoms with van der Waals surface area (Å²) in [7, 11) is 1.81. The van der Waals surface area contributed by atoms with Gasteiger partial charge in [-0.1, -0.05) is 18.5 Å². The smallest absolute Gasteiger partial charge is 0.198 e. The lowest BCUT2D eigenvalue weighted by Crippen LogP contribution is -2.26. The van der Waals surface area contributed by atoms with E-state index in [1.54, 1.807) is 20.6 Å². The Bertz CT molecular complexity index is 634. The number of nitrogens with zero attached hydrogens (tertiary/aromatic N) is 4. The molecule has 5 nitrogen and oxygen atoms in total. The van der Waals surface area contributed by atoms with Crippen LogP contribution in [0.2, 0.25) is 4.34 Å². The van der Waals surface area contributed by atoms with E-state index in [-0.39, 0.29) is 6.61 Å². The van der Waals surface area contributed by atoms with Crippen LogP contribution in [0.5, 0.6) is 0 Å². The Hall–Kier alpha value is -0.730. The number of thiophene rings is 1. The van der Waals surface area contributed by atoms with Gasteiger partial charge in [-0.05, 0) is 30.9 Å². The lowest BCUT2D eigenvalue weighted by Gasteiger charge is -2.19. The molecule has 0 spiro atoms. The maximum Gasteiger partial charge on any atom is 0.198 e. The van der Waals surface area contributed by atoms with Crippen LogP contribution in [0, 0.1) is 4.77 Å². The van der Waals surface area contributed by atoms with Gasteiger partial charge in [-0.2, -0.15) is 5.10 Å². The van der Waals surface area contributed by atoms with Gasteiger partial charge < -0.3 is 9.67 Å². The molecule has 2 aromatic heterocycles. The van der Waals surface area contributed by atoms with Crippen molar-refractivity contribution in [3.05, 3.63) is 31.9 Å². The van der Waals surface area contributed by atoms with Crippen molar-refractivity contribution in [2.45, 2.75) is 26.7 Å². The number of aliphatic hydroxyl groups is 1. The van der Waals surface area contributed by atoms with Crippen LogP contribution < -0.4 is 0 Å². The molecule has 0 fully saturated rings. The van der Waals surface area contributed by atoms with E-state index < -0.39 is 0 Å². The van der Waals surface area contributed by atoms with E-state index in [4.69, 9.17) is 23.8 Å². The fourth-order valence-corrected chi connectivity index (χ4v) is 3.20. The predicted octanol–water partition coefficient (Wildman–Crippen LogP) is 2.64. The van der Waals surface area contributed by atoms with Crippen LogP contribution in [0.25, 0.3) is 0 Å². The fraction of sp³-hybridized carbons (Fsp3) is 0.500. The molecule has 0 aromatic carbocycles. The molecule has 1 N–H and O–H groups in total. The third kappa shape index (κ3) is 3.48. The summed E-state index contributed by atoms with van der Waals surface area (Å²) >= 11 is 12.9. The third-order valence-electron chi connectivity index (χ3n) is 3.06. The first-order valence-electron chi connectivity index (χ1n) is 6.25. The molecule has 8 heteroatoms. The monoisotopic (exact) mass is 332 g/mol. The van der Waals surface area contributed by atoms with Gasteiger partial charge in [0.25, 0.3) is 0 Å². The fourth-order valence-electron chi connectivity index (χ4n) is 1.87. The first-order chi connectivity index (χ1) is 9.55. The van der Waals surface area contributed by atoms with E-state index in [0.717, 1.165) is 17.4 Å². The summed E-state index contributed by atoms with van der Waals surface area (Å²) < 4.78 is 4.87. The van der Waals surface area contributed by atoms with Crippen LogP contribution in [0.4, 0.5) is 0 Å². The lowest BCUT2D eigenvalue weighted by molar-refractivity contribution is 0.207. The van der Waals surface area contributed by atoms with E-state index in [0.29, 0.717) is 17.3 Å². The number of hydrogen-bond acceptors (Lipinski definition) is 5. The molecule has 0 aliphatic rings. The molecule has 0 aliphatic heterocycles. The molecular formula is C12H17ClN4OS2. The van der Waals surface area contributed by atoms with Gasteiger partial charge in [0.1, 0.15) is 6.61 Å². The average molecular weight is 333 g/mol. The minimum Gasteiger partial charge on any atom is -0.388 e. The molecule has 2 heterocycles. The Kier molecular flexibility index (Phi) is 5.34. The maximum absolute atomic E-state index is 9.22. The van der Waals surface area contributed by atoms with Gasteiger partial charge in [0, 0.05) is 18.5 Å². The molecule has 0 radical (unpaired) electrons. The SMILES string of the molecule is CCN(Cc1ccc(Cl)s1)Cn1nc(CO)n(C)c1=S. The van der Waals surface area contributed by atoms with Gasteiger partial charge in [0.05, 0.1) is 11.0 Å². The van der Waals surface area contributed by atoms with Gasteiger partial charge in [-0.3, -0.25) is 4.90 Å². The van der Waals surface area contributed by atoms with Crippen LogP contribution in [0.1, 0.15) is 17.6 Å². The number of aliphatic hydroxyl groups excluding tert-OH is 1. The zero-order valence-corrected chi connectivity index (χ0v) is 13.8.